The van der Waals surface area contributed by atoms with E-state index in [9.17, 15) is 4.79 Å². The maximum absolute atomic E-state index is 11.4. The molecule has 1 aromatic rings. The molecular weight excluding hydrogens is 192 g/mol. The standard InChI is InChI=1S/C10H14N4O/c1-8(2)6-12-9-5-10(15)14(4-3-11)13-7-9/h5,7-8,12H,4,6H2,1-2H3. The van der Waals surface area contributed by atoms with Crippen molar-refractivity contribution in [2.24, 2.45) is 5.92 Å². The van der Waals surface area contributed by atoms with E-state index in [1.165, 1.54) is 6.07 Å². The van der Waals surface area contributed by atoms with E-state index in [0.717, 1.165) is 11.2 Å². The smallest absolute Gasteiger partial charge is 0.269 e. The number of nitriles is 1. The molecule has 0 radical (unpaired) electrons. The van der Waals surface area contributed by atoms with Crippen molar-refractivity contribution in [1.82, 2.24) is 9.78 Å². The lowest BCUT2D eigenvalue weighted by molar-refractivity contribution is 0.654. The predicted molar refractivity (Wildman–Crippen MR) is 57.4 cm³/mol. The van der Waals surface area contributed by atoms with Crippen molar-refractivity contribution in [1.29, 1.82) is 5.26 Å². The van der Waals surface area contributed by atoms with Gasteiger partial charge in [-0.25, -0.2) is 4.68 Å². The Labute approximate surface area is 88.3 Å². The summed E-state index contributed by atoms with van der Waals surface area (Å²) in [6, 6.07) is 3.33. The third-order valence-electron chi connectivity index (χ3n) is 1.80. The van der Waals surface area contributed by atoms with Crippen LogP contribution in [0.25, 0.3) is 0 Å². The fourth-order valence-electron chi connectivity index (χ4n) is 1.04. The Hall–Kier alpha value is -1.83. The van der Waals surface area contributed by atoms with E-state index in [0.29, 0.717) is 11.6 Å². The molecule has 80 valence electrons. The second-order valence-electron chi connectivity index (χ2n) is 3.67. The van der Waals surface area contributed by atoms with E-state index in [1.807, 2.05) is 6.07 Å². The summed E-state index contributed by atoms with van der Waals surface area (Å²) >= 11 is 0. The first-order valence-corrected chi connectivity index (χ1v) is 4.81. The predicted octanol–water partition coefficient (Wildman–Crippen LogP) is 0.835. The van der Waals surface area contributed by atoms with E-state index >= 15 is 0 Å². The van der Waals surface area contributed by atoms with Crippen LogP contribution in [0.15, 0.2) is 17.1 Å². The lowest BCUT2D eigenvalue weighted by Gasteiger charge is -2.08. The Balaban J connectivity index is 2.74. The second kappa shape index (κ2) is 5.15. The normalized spacial score (nSPS) is 10.0. The molecule has 0 aliphatic heterocycles. The quantitative estimate of drug-likeness (QED) is 0.792. The summed E-state index contributed by atoms with van der Waals surface area (Å²) in [7, 11) is 0. The van der Waals surface area contributed by atoms with Gasteiger partial charge in [0.2, 0.25) is 0 Å². The number of aromatic nitrogens is 2. The van der Waals surface area contributed by atoms with E-state index in [2.05, 4.69) is 24.3 Å². The second-order valence-corrected chi connectivity index (χ2v) is 3.67. The molecular formula is C10H14N4O. The molecule has 5 heteroatoms. The minimum absolute atomic E-state index is 0.0106. The minimum atomic E-state index is -0.259. The van der Waals surface area contributed by atoms with Crippen LogP contribution in [-0.4, -0.2) is 16.3 Å². The first kappa shape index (κ1) is 11.2. The van der Waals surface area contributed by atoms with Crippen molar-refractivity contribution in [3.8, 4) is 6.07 Å². The number of hydrogen-bond acceptors (Lipinski definition) is 4. The van der Waals surface area contributed by atoms with Crippen molar-refractivity contribution >= 4 is 5.69 Å². The molecule has 0 unspecified atom stereocenters. The fourth-order valence-corrected chi connectivity index (χ4v) is 1.04. The molecule has 0 atom stereocenters. The van der Waals surface area contributed by atoms with E-state index in [-0.39, 0.29) is 12.1 Å². The van der Waals surface area contributed by atoms with Gasteiger partial charge in [-0.1, -0.05) is 13.8 Å². The highest BCUT2D eigenvalue weighted by Gasteiger charge is 1.99. The zero-order chi connectivity index (χ0) is 11.3. The molecule has 0 aliphatic rings. The maximum atomic E-state index is 11.4. The summed E-state index contributed by atoms with van der Waals surface area (Å²) in [5, 5.41) is 15.4. The SMILES string of the molecule is CC(C)CNc1cnn(CC#N)c(=O)c1. The summed E-state index contributed by atoms with van der Waals surface area (Å²) < 4.78 is 1.13. The Morgan fingerprint density at radius 1 is 1.67 bits per heavy atom. The Morgan fingerprint density at radius 3 is 2.93 bits per heavy atom. The first-order valence-electron chi connectivity index (χ1n) is 4.81. The summed E-state index contributed by atoms with van der Waals surface area (Å²) in [6.07, 6.45) is 1.56. The molecule has 0 bridgehead atoms. The maximum Gasteiger partial charge on any atom is 0.269 e. The van der Waals surface area contributed by atoms with Crippen LogP contribution in [0.1, 0.15) is 13.8 Å². The van der Waals surface area contributed by atoms with E-state index < -0.39 is 0 Å². The van der Waals surface area contributed by atoms with Gasteiger partial charge in [0.1, 0.15) is 6.54 Å². The van der Waals surface area contributed by atoms with Crippen molar-refractivity contribution in [3.63, 3.8) is 0 Å². The fraction of sp³-hybridized carbons (Fsp3) is 0.500. The van der Waals surface area contributed by atoms with Crippen LogP contribution in [0, 0.1) is 17.2 Å². The van der Waals surface area contributed by atoms with Crippen LogP contribution in [0.4, 0.5) is 5.69 Å². The minimum Gasteiger partial charge on any atom is -0.383 e. The van der Waals surface area contributed by atoms with Gasteiger partial charge < -0.3 is 5.32 Å². The molecule has 15 heavy (non-hydrogen) atoms. The topological polar surface area (TPSA) is 70.7 Å². The van der Waals surface area contributed by atoms with Gasteiger partial charge in [0.05, 0.1) is 18.0 Å². The lowest BCUT2D eigenvalue weighted by Crippen LogP contribution is -2.22. The van der Waals surface area contributed by atoms with Crippen LogP contribution in [0.3, 0.4) is 0 Å². The van der Waals surface area contributed by atoms with Crippen molar-refractivity contribution in [2.45, 2.75) is 20.4 Å². The number of nitrogens with one attached hydrogen (secondary N) is 1. The Kier molecular flexibility index (Phi) is 3.86. The molecule has 5 nitrogen and oxygen atoms in total. The van der Waals surface area contributed by atoms with Gasteiger partial charge in [-0.3, -0.25) is 4.79 Å². The molecule has 0 saturated heterocycles. The van der Waals surface area contributed by atoms with Gasteiger partial charge in [-0.2, -0.15) is 10.4 Å². The highest BCUT2D eigenvalue weighted by Crippen LogP contribution is 2.01. The average molecular weight is 206 g/mol. The third-order valence-corrected chi connectivity index (χ3v) is 1.80. The highest BCUT2D eigenvalue weighted by atomic mass is 16.1. The van der Waals surface area contributed by atoms with Crippen LogP contribution >= 0.6 is 0 Å². The van der Waals surface area contributed by atoms with Crippen molar-refractivity contribution in [3.05, 3.63) is 22.6 Å². The summed E-state index contributed by atoms with van der Waals surface area (Å²) in [5.41, 5.74) is 0.438. The zero-order valence-corrected chi connectivity index (χ0v) is 8.90. The molecule has 0 aliphatic carbocycles. The number of rotatable bonds is 4. The average Bonchev–Trinajstić information content (AvgIpc) is 2.19. The third kappa shape index (κ3) is 3.43. The lowest BCUT2D eigenvalue weighted by atomic mass is 10.2. The van der Waals surface area contributed by atoms with Gasteiger partial charge in [0, 0.05) is 12.6 Å². The largest absolute Gasteiger partial charge is 0.383 e. The van der Waals surface area contributed by atoms with Crippen LogP contribution < -0.4 is 10.9 Å². The molecule has 1 N–H and O–H groups in total. The van der Waals surface area contributed by atoms with Crippen LogP contribution in [0.2, 0.25) is 0 Å². The molecule has 1 aromatic heterocycles. The Morgan fingerprint density at radius 2 is 2.40 bits per heavy atom. The number of anilines is 1. The van der Waals surface area contributed by atoms with Gasteiger partial charge >= 0.3 is 0 Å². The summed E-state index contributed by atoms with van der Waals surface area (Å²) in [5.74, 6) is 0.506. The molecule has 0 fully saturated rings. The monoisotopic (exact) mass is 206 g/mol. The van der Waals surface area contributed by atoms with Gasteiger partial charge in [-0.05, 0) is 5.92 Å². The number of hydrogen-bond donors (Lipinski definition) is 1. The molecule has 0 aromatic carbocycles. The highest BCUT2D eigenvalue weighted by molar-refractivity contribution is 5.38. The van der Waals surface area contributed by atoms with E-state index in [4.69, 9.17) is 5.26 Å². The zero-order valence-electron chi connectivity index (χ0n) is 8.90. The van der Waals surface area contributed by atoms with Crippen molar-refractivity contribution < 1.29 is 0 Å². The summed E-state index contributed by atoms with van der Waals surface area (Å²) in [6.45, 7) is 4.95. The first-order chi connectivity index (χ1) is 7.13. The van der Waals surface area contributed by atoms with Gasteiger partial charge in [0.15, 0.2) is 0 Å². The van der Waals surface area contributed by atoms with Crippen LogP contribution in [-0.2, 0) is 6.54 Å². The molecule has 0 saturated carbocycles. The summed E-state index contributed by atoms with van der Waals surface area (Å²) in [4.78, 5) is 11.4. The number of nitrogens with zero attached hydrogens (tertiary/aromatic N) is 3. The van der Waals surface area contributed by atoms with E-state index in [1.54, 1.807) is 6.20 Å². The molecule has 1 rings (SSSR count). The van der Waals surface area contributed by atoms with Crippen molar-refractivity contribution in [2.75, 3.05) is 11.9 Å². The molecule has 0 amide bonds. The van der Waals surface area contributed by atoms with Gasteiger partial charge in [0.25, 0.3) is 5.56 Å². The molecule has 0 spiro atoms. The van der Waals surface area contributed by atoms with Crippen LogP contribution in [0.5, 0.6) is 0 Å². The Bertz CT molecular complexity index is 416. The van der Waals surface area contributed by atoms with Gasteiger partial charge in [-0.15, -0.1) is 0 Å². The molecule has 1 heterocycles.